The predicted octanol–water partition coefficient (Wildman–Crippen LogP) is 5.59. The standard InChI is InChI=1S/C33H44N6O2/c1-23-11-12-25(19-30(23)39(35)22-28(34)24-10-9-14-36-15-13-24)32(40)37-29-20-27(33(2,3)4)18-26(31(29)41-5)21-38-16-7-6-8-17-38/h9-14,18-20,22H,6-8,15-17,21,34-35H2,1-5H3,(H,37,40)/b28-22-. The van der Waals surface area contributed by atoms with Crippen LogP contribution in [0.3, 0.4) is 0 Å². The molecule has 1 saturated heterocycles. The molecule has 41 heavy (non-hydrogen) atoms. The zero-order chi connectivity index (χ0) is 29.6. The van der Waals surface area contributed by atoms with Crippen LogP contribution in [0.25, 0.3) is 0 Å². The van der Waals surface area contributed by atoms with E-state index in [9.17, 15) is 4.79 Å². The molecular formula is C33H44N6O2. The van der Waals surface area contributed by atoms with Crippen molar-refractivity contribution in [2.24, 2.45) is 16.6 Å². The average Bonchev–Trinajstić information content (AvgIpc) is 3.23. The molecule has 0 spiro atoms. The fraction of sp³-hybridized carbons (Fsp3) is 0.394. The maximum absolute atomic E-state index is 13.6. The van der Waals surface area contributed by atoms with Crippen LogP contribution in [0.2, 0.25) is 0 Å². The smallest absolute Gasteiger partial charge is 0.255 e. The number of hydrazine groups is 1. The van der Waals surface area contributed by atoms with Gasteiger partial charge in [0.2, 0.25) is 0 Å². The zero-order valence-electron chi connectivity index (χ0n) is 25.0. The van der Waals surface area contributed by atoms with Gasteiger partial charge in [-0.15, -0.1) is 0 Å². The summed E-state index contributed by atoms with van der Waals surface area (Å²) in [7, 11) is 1.67. The highest BCUT2D eigenvalue weighted by atomic mass is 16.5. The number of rotatable bonds is 8. The van der Waals surface area contributed by atoms with Crippen molar-refractivity contribution in [2.75, 3.05) is 37.1 Å². The molecule has 2 heterocycles. The largest absolute Gasteiger partial charge is 0.494 e. The summed E-state index contributed by atoms with van der Waals surface area (Å²) in [5, 5.41) is 4.60. The van der Waals surface area contributed by atoms with Crippen LogP contribution < -0.4 is 26.6 Å². The molecule has 0 aliphatic carbocycles. The van der Waals surface area contributed by atoms with Crippen LogP contribution in [-0.4, -0.2) is 43.8 Å². The van der Waals surface area contributed by atoms with E-state index in [1.165, 1.54) is 24.3 Å². The van der Waals surface area contributed by atoms with Crippen molar-refractivity contribution in [1.82, 2.24) is 4.90 Å². The summed E-state index contributed by atoms with van der Waals surface area (Å²) in [6.07, 6.45) is 12.8. The number of benzene rings is 2. The van der Waals surface area contributed by atoms with Crippen molar-refractivity contribution >= 4 is 23.5 Å². The fourth-order valence-electron chi connectivity index (χ4n) is 5.15. The second kappa shape index (κ2) is 13.2. The molecule has 8 heteroatoms. The summed E-state index contributed by atoms with van der Waals surface area (Å²) >= 11 is 0. The number of piperidine rings is 1. The second-order valence-electron chi connectivity index (χ2n) is 11.8. The number of anilines is 2. The van der Waals surface area contributed by atoms with Crippen LogP contribution in [0.5, 0.6) is 5.75 Å². The first-order valence-corrected chi connectivity index (χ1v) is 14.3. The van der Waals surface area contributed by atoms with Gasteiger partial charge in [0.1, 0.15) is 5.75 Å². The molecule has 0 bridgehead atoms. The quantitative estimate of drug-likeness (QED) is 0.289. The summed E-state index contributed by atoms with van der Waals surface area (Å²) < 4.78 is 5.90. The van der Waals surface area contributed by atoms with E-state index >= 15 is 0 Å². The van der Waals surface area contributed by atoms with Gasteiger partial charge in [-0.25, -0.2) is 5.84 Å². The van der Waals surface area contributed by atoms with E-state index in [-0.39, 0.29) is 11.3 Å². The van der Waals surface area contributed by atoms with E-state index in [2.05, 4.69) is 42.0 Å². The lowest BCUT2D eigenvalue weighted by Gasteiger charge is -2.29. The van der Waals surface area contributed by atoms with Gasteiger partial charge in [-0.1, -0.05) is 51.5 Å². The van der Waals surface area contributed by atoms with Gasteiger partial charge in [0.15, 0.2) is 0 Å². The Morgan fingerprint density at radius 3 is 2.63 bits per heavy atom. The third-order valence-electron chi connectivity index (χ3n) is 7.57. The molecule has 1 fully saturated rings. The highest BCUT2D eigenvalue weighted by Gasteiger charge is 2.23. The van der Waals surface area contributed by atoms with Crippen LogP contribution in [0.4, 0.5) is 11.4 Å². The van der Waals surface area contributed by atoms with Crippen molar-refractivity contribution in [3.8, 4) is 5.75 Å². The Morgan fingerprint density at radius 2 is 1.93 bits per heavy atom. The van der Waals surface area contributed by atoms with Crippen molar-refractivity contribution in [2.45, 2.75) is 58.9 Å². The lowest BCUT2D eigenvalue weighted by molar-refractivity contribution is 0.102. The molecule has 2 aliphatic heterocycles. The van der Waals surface area contributed by atoms with Crippen LogP contribution in [-0.2, 0) is 12.0 Å². The molecule has 0 atom stereocenters. The van der Waals surface area contributed by atoms with Gasteiger partial charge >= 0.3 is 0 Å². The second-order valence-corrected chi connectivity index (χ2v) is 11.8. The number of ether oxygens (including phenoxy) is 1. The number of hydrogen-bond acceptors (Lipinski definition) is 7. The van der Waals surface area contributed by atoms with Gasteiger partial charge < -0.3 is 15.8 Å². The van der Waals surface area contributed by atoms with Gasteiger partial charge in [-0.05, 0) is 79.2 Å². The summed E-state index contributed by atoms with van der Waals surface area (Å²) in [4.78, 5) is 20.3. The van der Waals surface area contributed by atoms with Crippen LogP contribution >= 0.6 is 0 Å². The minimum absolute atomic E-state index is 0.0974. The Hall–Kier alpha value is -3.88. The molecule has 0 saturated carbocycles. The summed E-state index contributed by atoms with van der Waals surface area (Å²) in [5.41, 5.74) is 12.6. The number of likely N-dealkylation sites (tertiary alicyclic amines) is 1. The summed E-state index contributed by atoms with van der Waals surface area (Å²) in [5.74, 6) is 6.89. The molecule has 2 aromatic carbocycles. The monoisotopic (exact) mass is 556 g/mol. The number of aryl methyl sites for hydroxylation is 1. The van der Waals surface area contributed by atoms with Gasteiger partial charge in [0.05, 0.1) is 30.7 Å². The first-order chi connectivity index (χ1) is 19.6. The van der Waals surface area contributed by atoms with Crippen LogP contribution in [0, 0.1) is 6.92 Å². The Bertz CT molecular complexity index is 1380. The molecule has 8 nitrogen and oxygen atoms in total. The number of nitrogens with one attached hydrogen (secondary N) is 1. The molecule has 0 radical (unpaired) electrons. The Balaban J connectivity index is 1.62. The highest BCUT2D eigenvalue weighted by Crippen LogP contribution is 2.37. The maximum Gasteiger partial charge on any atom is 0.255 e. The average molecular weight is 557 g/mol. The number of carbonyl (C=O) groups is 1. The number of carbonyl (C=O) groups excluding carboxylic acids is 1. The third kappa shape index (κ3) is 7.65. The number of methoxy groups -OCH3 is 1. The molecule has 4 rings (SSSR count). The summed E-state index contributed by atoms with van der Waals surface area (Å²) in [6, 6.07) is 9.72. The van der Waals surface area contributed by atoms with Gasteiger partial charge in [0, 0.05) is 30.1 Å². The van der Waals surface area contributed by atoms with Crippen LogP contribution in [0.15, 0.2) is 71.0 Å². The minimum atomic E-state index is -0.239. The van der Waals surface area contributed by atoms with Crippen molar-refractivity contribution in [1.29, 1.82) is 0 Å². The van der Waals surface area contributed by atoms with Gasteiger partial charge in [-0.2, -0.15) is 0 Å². The molecule has 0 aromatic heterocycles. The molecule has 0 unspecified atom stereocenters. The molecule has 5 N–H and O–H groups in total. The number of nitrogens with two attached hydrogens (primary N) is 2. The van der Waals surface area contributed by atoms with Gasteiger partial charge in [-0.3, -0.25) is 19.7 Å². The maximum atomic E-state index is 13.6. The lowest BCUT2D eigenvalue weighted by Crippen LogP contribution is -2.29. The zero-order valence-corrected chi connectivity index (χ0v) is 25.0. The molecular weight excluding hydrogens is 512 g/mol. The minimum Gasteiger partial charge on any atom is -0.494 e. The number of aliphatic imine (C=N–C) groups is 1. The van der Waals surface area contributed by atoms with E-state index in [4.69, 9.17) is 16.3 Å². The highest BCUT2D eigenvalue weighted by molar-refractivity contribution is 6.06. The molecule has 1 amide bonds. The van der Waals surface area contributed by atoms with Crippen molar-refractivity contribution in [3.63, 3.8) is 0 Å². The Kier molecular flexibility index (Phi) is 9.68. The topological polar surface area (TPSA) is 109 Å². The first kappa shape index (κ1) is 30.1. The molecule has 218 valence electrons. The molecule has 2 aliphatic rings. The van der Waals surface area contributed by atoms with E-state index < -0.39 is 0 Å². The number of nitrogens with zero attached hydrogens (tertiary/aromatic N) is 3. The SMILES string of the molecule is COc1c(CN2CCCCC2)cc(C(C)(C)C)cc1NC(=O)c1ccc(C)c(N(N)/C=C(\N)C2=CCN=CC=C2)c1. The van der Waals surface area contributed by atoms with Gasteiger partial charge in [0.25, 0.3) is 5.91 Å². The van der Waals surface area contributed by atoms with E-state index in [1.807, 2.05) is 37.3 Å². The third-order valence-corrected chi connectivity index (χ3v) is 7.57. The van der Waals surface area contributed by atoms with Crippen molar-refractivity contribution in [3.05, 3.63) is 88.3 Å². The lowest BCUT2D eigenvalue weighted by atomic mass is 9.85. The Morgan fingerprint density at radius 1 is 1.17 bits per heavy atom. The number of amides is 1. The van der Waals surface area contributed by atoms with Crippen molar-refractivity contribution < 1.29 is 9.53 Å². The number of allylic oxidation sites excluding steroid dienone is 2. The Labute approximate surface area is 244 Å². The predicted molar refractivity (Wildman–Crippen MR) is 169 cm³/mol. The fourth-order valence-corrected chi connectivity index (χ4v) is 5.15. The van der Waals surface area contributed by atoms with Crippen LogP contribution in [0.1, 0.15) is 67.1 Å². The van der Waals surface area contributed by atoms with E-state index in [1.54, 1.807) is 31.7 Å². The normalized spacial score (nSPS) is 16.2. The van der Waals surface area contributed by atoms with E-state index in [0.29, 0.717) is 34.9 Å². The number of hydrogen-bond donors (Lipinski definition) is 3. The molecule has 2 aromatic rings. The van der Waals surface area contributed by atoms with E-state index in [0.717, 1.165) is 41.9 Å². The summed E-state index contributed by atoms with van der Waals surface area (Å²) in [6.45, 7) is 12.0. The first-order valence-electron chi connectivity index (χ1n) is 14.3.